The van der Waals surface area contributed by atoms with Crippen LogP contribution in [-0.4, -0.2) is 39.4 Å². The van der Waals surface area contributed by atoms with Crippen molar-refractivity contribution in [3.05, 3.63) is 47.8 Å². The average Bonchev–Trinajstić information content (AvgIpc) is 3.08. The average molecular weight is 336 g/mol. The van der Waals surface area contributed by atoms with E-state index < -0.39 is 0 Å². The van der Waals surface area contributed by atoms with Gasteiger partial charge in [0.1, 0.15) is 5.69 Å². The van der Waals surface area contributed by atoms with Crippen LogP contribution in [0.2, 0.25) is 0 Å². The van der Waals surface area contributed by atoms with Crippen LogP contribution in [0.25, 0.3) is 22.4 Å². The molecule has 0 bridgehead atoms. The fourth-order valence-electron chi connectivity index (χ4n) is 2.98. The number of imidazole rings is 1. The fourth-order valence-corrected chi connectivity index (χ4v) is 2.98. The molecule has 0 aliphatic heterocycles. The topological polar surface area (TPSA) is 51.0 Å². The zero-order valence-corrected chi connectivity index (χ0v) is 15.3. The molecular formula is C20H24N4O. The smallest absolute Gasteiger partial charge is 0.222 e. The lowest BCUT2D eigenvalue weighted by molar-refractivity contribution is -0.128. The Balaban J connectivity index is 1.93. The second-order valence-corrected chi connectivity index (χ2v) is 6.50. The Morgan fingerprint density at radius 1 is 1.24 bits per heavy atom. The number of benzene rings is 1. The maximum Gasteiger partial charge on any atom is 0.222 e. The van der Waals surface area contributed by atoms with E-state index in [1.54, 1.807) is 19.0 Å². The molecule has 0 atom stereocenters. The third-order valence-corrected chi connectivity index (χ3v) is 4.49. The second kappa shape index (κ2) is 7.05. The highest BCUT2D eigenvalue weighted by Gasteiger charge is 2.11. The van der Waals surface area contributed by atoms with Crippen LogP contribution >= 0.6 is 0 Å². The van der Waals surface area contributed by atoms with Crippen molar-refractivity contribution in [2.24, 2.45) is 0 Å². The van der Waals surface area contributed by atoms with E-state index in [4.69, 9.17) is 4.98 Å². The highest BCUT2D eigenvalue weighted by atomic mass is 16.2. The number of nitrogens with zero attached hydrogens (tertiary/aromatic N) is 4. The third kappa shape index (κ3) is 3.55. The number of aromatic nitrogens is 3. The highest BCUT2D eigenvalue weighted by molar-refractivity contribution is 5.85. The number of hydrogen-bond acceptors (Lipinski definition) is 3. The monoisotopic (exact) mass is 336 g/mol. The Hall–Kier alpha value is -2.69. The van der Waals surface area contributed by atoms with Crippen LogP contribution in [0.3, 0.4) is 0 Å². The predicted octanol–water partition coefficient (Wildman–Crippen LogP) is 3.45. The van der Waals surface area contributed by atoms with Crippen LogP contribution in [-0.2, 0) is 17.8 Å². The predicted molar refractivity (Wildman–Crippen MR) is 100 cm³/mol. The minimum absolute atomic E-state index is 0.150. The van der Waals surface area contributed by atoms with Gasteiger partial charge in [0.05, 0.1) is 5.52 Å². The minimum atomic E-state index is 0.150. The van der Waals surface area contributed by atoms with E-state index in [1.807, 2.05) is 18.5 Å². The van der Waals surface area contributed by atoms with Crippen molar-refractivity contribution in [1.82, 2.24) is 19.4 Å². The van der Waals surface area contributed by atoms with Gasteiger partial charge in [-0.05, 0) is 49.6 Å². The molecule has 0 spiro atoms. The Morgan fingerprint density at radius 3 is 2.76 bits per heavy atom. The largest absolute Gasteiger partial charge is 0.349 e. The van der Waals surface area contributed by atoms with Gasteiger partial charge in [-0.15, -0.1) is 0 Å². The number of carbonyl (C=O) groups excluding carboxylic acids is 1. The van der Waals surface area contributed by atoms with Crippen molar-refractivity contribution in [2.75, 3.05) is 14.1 Å². The number of aryl methyl sites for hydroxylation is 3. The Bertz CT molecular complexity index is 911. The molecule has 25 heavy (non-hydrogen) atoms. The molecule has 1 amide bonds. The summed E-state index contributed by atoms with van der Waals surface area (Å²) >= 11 is 0. The van der Waals surface area contributed by atoms with E-state index >= 15 is 0 Å². The Labute approximate surface area is 148 Å². The van der Waals surface area contributed by atoms with E-state index in [9.17, 15) is 4.79 Å². The van der Waals surface area contributed by atoms with Gasteiger partial charge in [-0.3, -0.25) is 4.79 Å². The van der Waals surface area contributed by atoms with Crippen LogP contribution in [0.1, 0.15) is 24.5 Å². The molecule has 0 unspecified atom stereocenters. The molecule has 3 rings (SSSR count). The normalized spacial score (nSPS) is 11.0. The number of pyridine rings is 1. The first-order chi connectivity index (χ1) is 12.0. The van der Waals surface area contributed by atoms with Gasteiger partial charge in [0.2, 0.25) is 5.91 Å². The van der Waals surface area contributed by atoms with E-state index in [1.165, 1.54) is 5.56 Å². The third-order valence-electron chi connectivity index (χ3n) is 4.49. The summed E-state index contributed by atoms with van der Waals surface area (Å²) in [7, 11) is 3.58. The quantitative estimate of drug-likeness (QED) is 0.717. The summed E-state index contributed by atoms with van der Waals surface area (Å²) in [5.74, 6) is 1.05. The summed E-state index contributed by atoms with van der Waals surface area (Å²) in [4.78, 5) is 22.7. The molecule has 0 saturated heterocycles. The molecule has 0 N–H and O–H groups in total. The number of rotatable bonds is 5. The molecule has 1 aromatic carbocycles. The van der Waals surface area contributed by atoms with Crippen LogP contribution in [0.4, 0.5) is 0 Å². The lowest BCUT2D eigenvalue weighted by Gasteiger charge is -2.11. The molecule has 2 aromatic heterocycles. The van der Waals surface area contributed by atoms with Crippen molar-refractivity contribution in [3.63, 3.8) is 0 Å². The summed E-state index contributed by atoms with van der Waals surface area (Å²) in [6, 6.07) is 8.34. The van der Waals surface area contributed by atoms with Crippen LogP contribution in [0.5, 0.6) is 0 Å². The highest BCUT2D eigenvalue weighted by Crippen LogP contribution is 2.25. The van der Waals surface area contributed by atoms with Crippen molar-refractivity contribution < 1.29 is 4.79 Å². The van der Waals surface area contributed by atoms with Gasteiger partial charge in [-0.1, -0.05) is 6.07 Å². The first-order valence-electron chi connectivity index (χ1n) is 8.61. The van der Waals surface area contributed by atoms with Gasteiger partial charge in [0.25, 0.3) is 0 Å². The summed E-state index contributed by atoms with van der Waals surface area (Å²) < 4.78 is 2.09. The lowest BCUT2D eigenvalue weighted by atomic mass is 10.0. The molecule has 0 fully saturated rings. The molecule has 5 heteroatoms. The molecule has 2 heterocycles. The summed E-state index contributed by atoms with van der Waals surface area (Å²) in [5.41, 5.74) is 4.19. The maximum absolute atomic E-state index is 11.8. The molecule has 3 aromatic rings. The minimum Gasteiger partial charge on any atom is -0.349 e. The van der Waals surface area contributed by atoms with Crippen LogP contribution < -0.4 is 0 Å². The molecule has 0 aliphatic carbocycles. The SMILES string of the molecule is CCn1ccnc1-c1cc(C)c2cc(CCC(=O)N(C)C)ccc2n1. The zero-order valence-electron chi connectivity index (χ0n) is 15.3. The molecule has 0 radical (unpaired) electrons. The van der Waals surface area contributed by atoms with Gasteiger partial charge < -0.3 is 9.47 Å². The molecule has 130 valence electrons. The maximum atomic E-state index is 11.8. The lowest BCUT2D eigenvalue weighted by Crippen LogP contribution is -2.21. The first-order valence-corrected chi connectivity index (χ1v) is 8.61. The van der Waals surface area contributed by atoms with Gasteiger partial charge in [-0.2, -0.15) is 0 Å². The van der Waals surface area contributed by atoms with Gasteiger partial charge in [0.15, 0.2) is 5.82 Å². The molecular weight excluding hydrogens is 312 g/mol. The fraction of sp³-hybridized carbons (Fsp3) is 0.350. The van der Waals surface area contributed by atoms with Crippen molar-refractivity contribution >= 4 is 16.8 Å². The van der Waals surface area contributed by atoms with E-state index in [2.05, 4.69) is 41.6 Å². The van der Waals surface area contributed by atoms with E-state index in [0.717, 1.165) is 41.0 Å². The number of fused-ring (bicyclic) bond motifs is 1. The van der Waals surface area contributed by atoms with Crippen molar-refractivity contribution in [2.45, 2.75) is 33.2 Å². The van der Waals surface area contributed by atoms with Gasteiger partial charge in [-0.25, -0.2) is 9.97 Å². The van der Waals surface area contributed by atoms with Crippen LogP contribution in [0, 0.1) is 6.92 Å². The van der Waals surface area contributed by atoms with Gasteiger partial charge in [0, 0.05) is 44.8 Å². The summed E-state index contributed by atoms with van der Waals surface area (Å²) in [5, 5.41) is 1.13. The number of amides is 1. The summed E-state index contributed by atoms with van der Waals surface area (Å²) in [6.45, 7) is 5.06. The van der Waals surface area contributed by atoms with E-state index in [0.29, 0.717) is 6.42 Å². The van der Waals surface area contributed by atoms with E-state index in [-0.39, 0.29) is 5.91 Å². The number of carbonyl (C=O) groups is 1. The summed E-state index contributed by atoms with van der Waals surface area (Å²) in [6.07, 6.45) is 5.05. The van der Waals surface area contributed by atoms with Crippen LogP contribution in [0.15, 0.2) is 36.7 Å². The molecule has 0 aliphatic rings. The standard InChI is InChI=1S/C20H24N4O/c1-5-24-11-10-21-20(24)18-12-14(2)16-13-15(6-8-17(16)22-18)7-9-19(25)23(3)4/h6,8,10-13H,5,7,9H2,1-4H3. The first kappa shape index (κ1) is 17.1. The second-order valence-electron chi connectivity index (χ2n) is 6.50. The number of hydrogen-bond donors (Lipinski definition) is 0. The van der Waals surface area contributed by atoms with Gasteiger partial charge >= 0.3 is 0 Å². The molecule has 0 saturated carbocycles. The Kier molecular flexibility index (Phi) is 4.83. The van der Waals surface area contributed by atoms with Crippen molar-refractivity contribution in [3.8, 4) is 11.5 Å². The molecule has 5 nitrogen and oxygen atoms in total. The Morgan fingerprint density at radius 2 is 2.04 bits per heavy atom. The van der Waals surface area contributed by atoms with Crippen molar-refractivity contribution in [1.29, 1.82) is 0 Å². The zero-order chi connectivity index (χ0) is 18.0.